The lowest BCUT2D eigenvalue weighted by atomic mass is 9.98. The van der Waals surface area contributed by atoms with Crippen molar-refractivity contribution >= 4 is 65.2 Å². The minimum Gasteiger partial charge on any atom is -0.309 e. The predicted octanol–water partition coefficient (Wildman–Crippen LogP) is 14.6. The van der Waals surface area contributed by atoms with Crippen molar-refractivity contribution in [1.29, 1.82) is 0 Å². The lowest BCUT2D eigenvalue weighted by Gasteiger charge is -2.13. The van der Waals surface area contributed by atoms with Gasteiger partial charge in [-0.1, -0.05) is 133 Å². The van der Waals surface area contributed by atoms with E-state index in [0.717, 1.165) is 16.9 Å². The first-order chi connectivity index (χ1) is 28.8. The Kier molecular flexibility index (Phi) is 6.44. The molecule has 3 aromatic heterocycles. The molecule has 0 atom stereocenters. The molecule has 0 amide bonds. The molecule has 0 unspecified atom stereocenters. The maximum atomic E-state index is 5.13. The zero-order chi connectivity index (χ0) is 37.9. The Labute approximate surface area is 334 Å². The van der Waals surface area contributed by atoms with Crippen LogP contribution in [0.2, 0.25) is 0 Å². The van der Waals surface area contributed by atoms with Crippen LogP contribution in [0.25, 0.3) is 121 Å². The number of benzene rings is 9. The summed E-state index contributed by atoms with van der Waals surface area (Å²) < 4.78 is 4.82. The Morgan fingerprint density at radius 3 is 1.64 bits per heavy atom. The van der Waals surface area contributed by atoms with E-state index in [-0.39, 0.29) is 0 Å². The van der Waals surface area contributed by atoms with Gasteiger partial charge in [0.05, 0.1) is 27.8 Å². The quantitative estimate of drug-likeness (QED) is 0.176. The van der Waals surface area contributed by atoms with Gasteiger partial charge in [0, 0.05) is 61.0 Å². The number of aromatic nitrogens is 3. The molecule has 12 aromatic rings. The van der Waals surface area contributed by atoms with Gasteiger partial charge in [-0.05, 0) is 99.3 Å². The lowest BCUT2D eigenvalue weighted by Crippen LogP contribution is -1.95. The second kappa shape index (κ2) is 11.9. The predicted molar refractivity (Wildman–Crippen MR) is 243 cm³/mol. The molecule has 3 heteroatoms. The van der Waals surface area contributed by atoms with Gasteiger partial charge in [-0.2, -0.15) is 0 Å². The fraction of sp³-hybridized carbons (Fsp3) is 0. The fourth-order valence-corrected chi connectivity index (χ4v) is 9.88. The van der Waals surface area contributed by atoms with E-state index in [0.29, 0.717) is 0 Å². The van der Waals surface area contributed by atoms with Crippen molar-refractivity contribution in [2.75, 3.05) is 0 Å². The second-order valence-corrected chi connectivity index (χ2v) is 15.5. The van der Waals surface area contributed by atoms with Crippen LogP contribution in [0, 0.1) is 0 Å². The number of pyridine rings is 1. The van der Waals surface area contributed by atoms with Crippen LogP contribution in [-0.2, 0) is 0 Å². The highest BCUT2D eigenvalue weighted by Gasteiger charge is 2.25. The highest BCUT2D eigenvalue weighted by atomic mass is 15.0. The van der Waals surface area contributed by atoms with E-state index >= 15 is 0 Å². The molecule has 3 heterocycles. The van der Waals surface area contributed by atoms with E-state index in [1.807, 2.05) is 6.20 Å². The van der Waals surface area contributed by atoms with Crippen LogP contribution < -0.4 is 0 Å². The van der Waals surface area contributed by atoms with Crippen LogP contribution in [0.1, 0.15) is 0 Å². The SMILES string of the molecule is c1cc(-c2ncc3cccc4c3c2-c2ccccc2-4)cc(-n2c3ccccc3c3cc(-c4ccc5c(c4)c4ccccc4n5-c4ccc5ccccc5c4)ccc32)c1. The molecular formula is C55H33N3. The van der Waals surface area contributed by atoms with Gasteiger partial charge in [-0.25, -0.2) is 0 Å². The number of hydrogen-bond donors (Lipinski definition) is 0. The monoisotopic (exact) mass is 735 g/mol. The third kappa shape index (κ3) is 4.41. The normalized spacial score (nSPS) is 12.1. The summed E-state index contributed by atoms with van der Waals surface area (Å²) in [6.07, 6.45) is 2.04. The third-order valence-electron chi connectivity index (χ3n) is 12.5. The van der Waals surface area contributed by atoms with E-state index in [2.05, 4.69) is 203 Å². The van der Waals surface area contributed by atoms with Gasteiger partial charge >= 0.3 is 0 Å². The average molecular weight is 736 g/mol. The van der Waals surface area contributed by atoms with Gasteiger partial charge in [0.2, 0.25) is 0 Å². The summed E-state index contributed by atoms with van der Waals surface area (Å²) in [5, 5.41) is 9.94. The van der Waals surface area contributed by atoms with E-state index in [1.165, 1.54) is 104 Å². The smallest absolute Gasteiger partial charge is 0.0787 e. The highest BCUT2D eigenvalue weighted by Crippen LogP contribution is 2.50. The Hall–Kier alpha value is -7.75. The van der Waals surface area contributed by atoms with Crippen LogP contribution in [0.5, 0.6) is 0 Å². The van der Waals surface area contributed by atoms with Crippen molar-refractivity contribution in [3.8, 4) is 56.0 Å². The molecule has 3 nitrogen and oxygen atoms in total. The number of hydrogen-bond acceptors (Lipinski definition) is 1. The maximum absolute atomic E-state index is 5.13. The minimum absolute atomic E-state index is 1.02. The van der Waals surface area contributed by atoms with Gasteiger partial charge in [0.1, 0.15) is 0 Å². The molecule has 0 radical (unpaired) electrons. The van der Waals surface area contributed by atoms with Crippen molar-refractivity contribution < 1.29 is 0 Å². The molecule has 0 N–H and O–H groups in total. The summed E-state index contributed by atoms with van der Waals surface area (Å²) in [5.41, 5.74) is 16.7. The van der Waals surface area contributed by atoms with Crippen molar-refractivity contribution in [1.82, 2.24) is 14.1 Å². The second-order valence-electron chi connectivity index (χ2n) is 15.5. The van der Waals surface area contributed by atoms with Gasteiger partial charge in [0.15, 0.2) is 0 Å². The Balaban J connectivity index is 0.959. The standard InChI is InChI=1S/C55H33N3/c1-2-12-35-29-41(26-23-34(35)11-1)58-50-22-8-6-18-44(50)48-32-37(25-28-52(48)58)36-24-27-51-47(31-36)43-17-5-7-21-49(43)57(51)40-15-9-13-38(30-40)55-54-46-19-4-3-16-42(46)45-20-10-14-39(33-56-55)53(45)54/h1-33H. The summed E-state index contributed by atoms with van der Waals surface area (Å²) >= 11 is 0. The van der Waals surface area contributed by atoms with Crippen molar-refractivity contribution in [2.24, 2.45) is 0 Å². The topological polar surface area (TPSA) is 22.8 Å². The van der Waals surface area contributed by atoms with Gasteiger partial charge in [0.25, 0.3) is 0 Å². The zero-order valence-corrected chi connectivity index (χ0v) is 31.4. The molecular weight excluding hydrogens is 703 g/mol. The molecule has 58 heavy (non-hydrogen) atoms. The van der Waals surface area contributed by atoms with Gasteiger partial charge in [-0.15, -0.1) is 0 Å². The molecule has 0 bridgehead atoms. The largest absolute Gasteiger partial charge is 0.309 e. The minimum atomic E-state index is 1.02. The fourth-order valence-electron chi connectivity index (χ4n) is 9.88. The average Bonchev–Trinajstić information content (AvgIpc) is 3.93. The lowest BCUT2D eigenvalue weighted by molar-refractivity contribution is 1.18. The Bertz CT molecular complexity index is 3690. The maximum Gasteiger partial charge on any atom is 0.0787 e. The Morgan fingerprint density at radius 1 is 0.328 bits per heavy atom. The van der Waals surface area contributed by atoms with E-state index in [1.54, 1.807) is 0 Å². The first-order valence-electron chi connectivity index (χ1n) is 20.0. The van der Waals surface area contributed by atoms with Crippen molar-refractivity contribution in [3.63, 3.8) is 0 Å². The molecule has 0 fully saturated rings. The summed E-state index contributed by atoms with van der Waals surface area (Å²) in [6.45, 7) is 0. The number of rotatable bonds is 4. The highest BCUT2D eigenvalue weighted by molar-refractivity contribution is 6.18. The Morgan fingerprint density at radius 2 is 0.897 bits per heavy atom. The van der Waals surface area contributed by atoms with Crippen LogP contribution in [0.3, 0.4) is 0 Å². The summed E-state index contributed by atoms with van der Waals surface area (Å²) in [7, 11) is 0. The molecule has 9 aromatic carbocycles. The van der Waals surface area contributed by atoms with E-state index in [9.17, 15) is 0 Å². The van der Waals surface area contributed by atoms with E-state index in [4.69, 9.17) is 4.98 Å². The summed E-state index contributed by atoms with van der Waals surface area (Å²) in [5.74, 6) is 0. The first-order valence-corrected chi connectivity index (χ1v) is 20.0. The molecule has 0 aliphatic heterocycles. The van der Waals surface area contributed by atoms with Crippen molar-refractivity contribution in [3.05, 3.63) is 200 Å². The number of para-hydroxylation sites is 2. The molecule has 13 rings (SSSR count). The van der Waals surface area contributed by atoms with Crippen molar-refractivity contribution in [2.45, 2.75) is 0 Å². The van der Waals surface area contributed by atoms with E-state index < -0.39 is 0 Å². The number of fused-ring (bicyclic) bond motifs is 10. The molecule has 0 saturated heterocycles. The molecule has 0 saturated carbocycles. The van der Waals surface area contributed by atoms with Crippen LogP contribution in [0.4, 0.5) is 0 Å². The van der Waals surface area contributed by atoms with Crippen LogP contribution in [-0.4, -0.2) is 14.1 Å². The summed E-state index contributed by atoms with van der Waals surface area (Å²) in [4.78, 5) is 5.13. The first kappa shape index (κ1) is 31.5. The summed E-state index contributed by atoms with van der Waals surface area (Å²) in [6, 6.07) is 71.1. The zero-order valence-electron chi connectivity index (χ0n) is 31.4. The molecule has 268 valence electrons. The molecule has 1 aliphatic carbocycles. The number of nitrogens with zero attached hydrogens (tertiary/aromatic N) is 3. The molecule has 0 spiro atoms. The van der Waals surface area contributed by atoms with Gasteiger partial charge < -0.3 is 9.13 Å². The molecule has 1 aliphatic rings. The van der Waals surface area contributed by atoms with Gasteiger partial charge in [-0.3, -0.25) is 4.98 Å². The van der Waals surface area contributed by atoms with Crippen LogP contribution >= 0.6 is 0 Å². The third-order valence-corrected chi connectivity index (χ3v) is 12.5. The van der Waals surface area contributed by atoms with Crippen LogP contribution in [0.15, 0.2) is 200 Å².